The van der Waals surface area contributed by atoms with Gasteiger partial charge in [0.1, 0.15) is 0 Å². The van der Waals surface area contributed by atoms with Gasteiger partial charge in [-0.15, -0.1) is 0 Å². The Bertz CT molecular complexity index is 432. The molecule has 0 unspecified atom stereocenters. The number of nitrogens with zero attached hydrogens (tertiary/aromatic N) is 1. The maximum atomic E-state index is 5.69. The maximum absolute atomic E-state index is 5.69. The summed E-state index contributed by atoms with van der Waals surface area (Å²) < 4.78 is 0. The molecule has 0 saturated carbocycles. The summed E-state index contributed by atoms with van der Waals surface area (Å²) in [6, 6.07) is 11.9. The van der Waals surface area contributed by atoms with Crippen molar-refractivity contribution in [3.05, 3.63) is 48.2 Å². The average molecular weight is 184 g/mol. The Morgan fingerprint density at radius 3 is 2.43 bits per heavy atom. The molecule has 70 valence electrons. The molecule has 2 heteroatoms. The third kappa shape index (κ3) is 1.74. The zero-order valence-electron chi connectivity index (χ0n) is 8.07. The molecule has 1 heterocycles. The summed E-state index contributed by atoms with van der Waals surface area (Å²) in [5.41, 5.74) is 9.70. The van der Waals surface area contributed by atoms with Crippen LogP contribution >= 0.6 is 0 Å². The van der Waals surface area contributed by atoms with Crippen molar-refractivity contribution in [2.45, 2.75) is 6.92 Å². The highest BCUT2D eigenvalue weighted by Crippen LogP contribution is 2.18. The standard InChI is InChI=1S/C12H12N2/c1-9-2-4-10(5-3-9)12-8-11(13)6-7-14-12/h2-8H,1H3,(H2,13,14). The van der Waals surface area contributed by atoms with E-state index in [-0.39, 0.29) is 0 Å². The molecule has 0 aliphatic rings. The molecular formula is C12H12N2. The number of hydrogen-bond donors (Lipinski definition) is 1. The summed E-state index contributed by atoms with van der Waals surface area (Å²) in [4.78, 5) is 4.26. The van der Waals surface area contributed by atoms with Crippen LogP contribution in [0, 0.1) is 6.92 Å². The van der Waals surface area contributed by atoms with Gasteiger partial charge in [-0.2, -0.15) is 0 Å². The van der Waals surface area contributed by atoms with Crippen LogP contribution < -0.4 is 5.73 Å². The van der Waals surface area contributed by atoms with Crippen molar-refractivity contribution >= 4 is 5.69 Å². The number of anilines is 1. The van der Waals surface area contributed by atoms with Gasteiger partial charge in [0.25, 0.3) is 0 Å². The van der Waals surface area contributed by atoms with Crippen LogP contribution in [-0.4, -0.2) is 4.98 Å². The minimum Gasteiger partial charge on any atom is -0.399 e. The van der Waals surface area contributed by atoms with Gasteiger partial charge in [0.2, 0.25) is 0 Å². The number of hydrogen-bond acceptors (Lipinski definition) is 2. The lowest BCUT2D eigenvalue weighted by Crippen LogP contribution is -1.88. The third-order valence-electron chi connectivity index (χ3n) is 2.13. The summed E-state index contributed by atoms with van der Waals surface area (Å²) in [5.74, 6) is 0. The Morgan fingerprint density at radius 1 is 1.07 bits per heavy atom. The highest BCUT2D eigenvalue weighted by Gasteiger charge is 1.98. The molecule has 0 spiro atoms. The van der Waals surface area contributed by atoms with Crippen LogP contribution in [0.25, 0.3) is 11.3 Å². The molecule has 0 radical (unpaired) electrons. The van der Waals surface area contributed by atoms with Gasteiger partial charge in [0.05, 0.1) is 5.69 Å². The summed E-state index contributed by atoms with van der Waals surface area (Å²) >= 11 is 0. The SMILES string of the molecule is Cc1ccc(-c2cc(N)ccn2)cc1. The minimum atomic E-state index is 0.746. The molecule has 0 bridgehead atoms. The first-order valence-corrected chi connectivity index (χ1v) is 4.54. The number of rotatable bonds is 1. The average Bonchev–Trinajstić information content (AvgIpc) is 2.19. The van der Waals surface area contributed by atoms with E-state index < -0.39 is 0 Å². The second-order valence-electron chi connectivity index (χ2n) is 3.34. The Labute approximate surface area is 83.4 Å². The van der Waals surface area contributed by atoms with E-state index >= 15 is 0 Å². The molecule has 0 aliphatic carbocycles. The molecule has 0 amide bonds. The van der Waals surface area contributed by atoms with Crippen molar-refractivity contribution in [3.63, 3.8) is 0 Å². The molecule has 1 aromatic carbocycles. The maximum Gasteiger partial charge on any atom is 0.0722 e. The Hall–Kier alpha value is -1.83. The molecule has 2 nitrogen and oxygen atoms in total. The number of nitrogens with two attached hydrogens (primary N) is 1. The quantitative estimate of drug-likeness (QED) is 0.740. The zero-order chi connectivity index (χ0) is 9.97. The Balaban J connectivity index is 2.44. The second kappa shape index (κ2) is 3.50. The van der Waals surface area contributed by atoms with Gasteiger partial charge in [-0.3, -0.25) is 4.98 Å². The van der Waals surface area contributed by atoms with Gasteiger partial charge >= 0.3 is 0 Å². The summed E-state index contributed by atoms with van der Waals surface area (Å²) in [5, 5.41) is 0. The second-order valence-corrected chi connectivity index (χ2v) is 3.34. The first-order chi connectivity index (χ1) is 6.75. The number of benzene rings is 1. The summed E-state index contributed by atoms with van der Waals surface area (Å²) in [6.45, 7) is 2.07. The van der Waals surface area contributed by atoms with E-state index in [2.05, 4.69) is 36.2 Å². The number of pyridine rings is 1. The van der Waals surface area contributed by atoms with Gasteiger partial charge < -0.3 is 5.73 Å². The van der Waals surface area contributed by atoms with Crippen LogP contribution in [0.4, 0.5) is 5.69 Å². The Morgan fingerprint density at radius 2 is 1.79 bits per heavy atom. The smallest absolute Gasteiger partial charge is 0.0722 e. The molecule has 0 fully saturated rings. The van der Waals surface area contributed by atoms with E-state index in [1.165, 1.54) is 5.56 Å². The number of aryl methyl sites for hydroxylation is 1. The first kappa shape index (κ1) is 8.75. The lowest BCUT2D eigenvalue weighted by atomic mass is 10.1. The van der Waals surface area contributed by atoms with E-state index in [1.807, 2.05) is 6.07 Å². The monoisotopic (exact) mass is 184 g/mol. The van der Waals surface area contributed by atoms with E-state index in [9.17, 15) is 0 Å². The lowest BCUT2D eigenvalue weighted by molar-refractivity contribution is 1.32. The molecule has 14 heavy (non-hydrogen) atoms. The van der Waals surface area contributed by atoms with E-state index in [1.54, 1.807) is 12.3 Å². The summed E-state index contributed by atoms with van der Waals surface area (Å²) in [6.07, 6.45) is 1.73. The van der Waals surface area contributed by atoms with Gasteiger partial charge in [-0.25, -0.2) is 0 Å². The molecule has 1 aromatic heterocycles. The van der Waals surface area contributed by atoms with Crippen molar-refractivity contribution in [1.29, 1.82) is 0 Å². The van der Waals surface area contributed by atoms with Crippen molar-refractivity contribution in [2.75, 3.05) is 5.73 Å². The normalized spacial score (nSPS) is 10.1. The fourth-order valence-electron chi connectivity index (χ4n) is 1.33. The number of aromatic nitrogens is 1. The molecule has 0 atom stereocenters. The highest BCUT2D eigenvalue weighted by molar-refractivity contribution is 5.63. The van der Waals surface area contributed by atoms with Crippen LogP contribution in [0.15, 0.2) is 42.6 Å². The van der Waals surface area contributed by atoms with Crippen molar-refractivity contribution in [3.8, 4) is 11.3 Å². The predicted molar refractivity (Wildman–Crippen MR) is 58.8 cm³/mol. The molecular weight excluding hydrogens is 172 g/mol. The molecule has 0 aliphatic heterocycles. The van der Waals surface area contributed by atoms with Crippen molar-refractivity contribution in [2.24, 2.45) is 0 Å². The van der Waals surface area contributed by atoms with Crippen LogP contribution in [0.2, 0.25) is 0 Å². The van der Waals surface area contributed by atoms with Crippen LogP contribution in [0.1, 0.15) is 5.56 Å². The van der Waals surface area contributed by atoms with Gasteiger partial charge in [-0.1, -0.05) is 29.8 Å². The van der Waals surface area contributed by atoms with E-state index in [4.69, 9.17) is 5.73 Å². The molecule has 0 saturated heterocycles. The molecule has 2 aromatic rings. The zero-order valence-corrected chi connectivity index (χ0v) is 8.07. The van der Waals surface area contributed by atoms with Gasteiger partial charge in [-0.05, 0) is 19.1 Å². The topological polar surface area (TPSA) is 38.9 Å². The van der Waals surface area contributed by atoms with Crippen LogP contribution in [0.3, 0.4) is 0 Å². The minimum absolute atomic E-state index is 0.746. The lowest BCUT2D eigenvalue weighted by Gasteiger charge is -2.01. The molecule has 2 rings (SSSR count). The fourth-order valence-corrected chi connectivity index (χ4v) is 1.33. The van der Waals surface area contributed by atoms with E-state index in [0.717, 1.165) is 16.9 Å². The third-order valence-corrected chi connectivity index (χ3v) is 2.13. The van der Waals surface area contributed by atoms with Gasteiger partial charge in [0.15, 0.2) is 0 Å². The highest BCUT2D eigenvalue weighted by atomic mass is 14.7. The number of nitrogen functional groups attached to an aromatic ring is 1. The van der Waals surface area contributed by atoms with Gasteiger partial charge in [0, 0.05) is 17.4 Å². The van der Waals surface area contributed by atoms with Crippen LogP contribution in [0.5, 0.6) is 0 Å². The first-order valence-electron chi connectivity index (χ1n) is 4.54. The summed E-state index contributed by atoms with van der Waals surface area (Å²) in [7, 11) is 0. The Kier molecular flexibility index (Phi) is 2.19. The van der Waals surface area contributed by atoms with E-state index in [0.29, 0.717) is 0 Å². The largest absolute Gasteiger partial charge is 0.399 e. The molecule has 2 N–H and O–H groups in total. The van der Waals surface area contributed by atoms with Crippen molar-refractivity contribution in [1.82, 2.24) is 4.98 Å². The van der Waals surface area contributed by atoms with Crippen LogP contribution in [-0.2, 0) is 0 Å². The van der Waals surface area contributed by atoms with Crippen molar-refractivity contribution < 1.29 is 0 Å². The fraction of sp³-hybridized carbons (Fsp3) is 0.0833. The predicted octanol–water partition coefficient (Wildman–Crippen LogP) is 2.64.